The summed E-state index contributed by atoms with van der Waals surface area (Å²) < 4.78 is 60.6. The largest absolute Gasteiger partial charge is 0.490 e. The van der Waals surface area contributed by atoms with Gasteiger partial charge in [0.05, 0.1) is 6.54 Å². The number of rotatable bonds is 2. The number of alkyl halides is 3. The van der Waals surface area contributed by atoms with E-state index in [1.807, 2.05) is 6.07 Å². The molecule has 3 aromatic rings. The molecular formula is C20H12F3N3O4S. The van der Waals surface area contributed by atoms with Crippen molar-refractivity contribution in [2.45, 2.75) is 18.1 Å². The molecule has 3 aliphatic rings. The van der Waals surface area contributed by atoms with Gasteiger partial charge in [0.15, 0.2) is 5.75 Å². The molecule has 3 aliphatic heterocycles. The number of ether oxygens (including phenoxy) is 3. The number of thiocarbonyl (C=S) groups is 1. The van der Waals surface area contributed by atoms with Gasteiger partial charge in [-0.05, 0) is 18.2 Å². The van der Waals surface area contributed by atoms with E-state index < -0.39 is 17.4 Å². The molecule has 0 fully saturated rings. The molecule has 0 bridgehead atoms. The maximum absolute atomic E-state index is 13.0. The summed E-state index contributed by atoms with van der Waals surface area (Å²) in [5.41, 5.74) is 0.399. The Hall–Kier alpha value is -3.34. The maximum atomic E-state index is 13.0. The van der Waals surface area contributed by atoms with Gasteiger partial charge in [0.25, 0.3) is 5.88 Å². The van der Waals surface area contributed by atoms with Crippen molar-refractivity contribution in [3.05, 3.63) is 59.3 Å². The quantitative estimate of drug-likeness (QED) is 0.549. The summed E-state index contributed by atoms with van der Waals surface area (Å²) in [5.74, 6) is 0.914. The van der Waals surface area contributed by atoms with E-state index in [-0.39, 0.29) is 25.7 Å². The molecule has 3 aromatic heterocycles. The highest BCUT2D eigenvalue weighted by Gasteiger charge is 2.56. The van der Waals surface area contributed by atoms with Gasteiger partial charge >= 0.3 is 6.18 Å². The Morgan fingerprint density at radius 1 is 1.13 bits per heavy atom. The Balaban J connectivity index is 1.44. The molecule has 1 atom stereocenters. The predicted octanol–water partition coefficient (Wildman–Crippen LogP) is 3.84. The van der Waals surface area contributed by atoms with Gasteiger partial charge in [-0.2, -0.15) is 13.2 Å². The van der Waals surface area contributed by atoms with Crippen molar-refractivity contribution in [1.82, 2.24) is 9.97 Å². The van der Waals surface area contributed by atoms with Gasteiger partial charge in [0.1, 0.15) is 40.0 Å². The fourth-order valence-electron chi connectivity index (χ4n) is 4.16. The van der Waals surface area contributed by atoms with Crippen molar-refractivity contribution in [3.63, 3.8) is 0 Å². The second kappa shape index (κ2) is 6.10. The lowest BCUT2D eigenvalue weighted by Crippen LogP contribution is -2.41. The highest BCUT2D eigenvalue weighted by molar-refractivity contribution is 7.80. The molecule has 1 unspecified atom stereocenters. The Kier molecular flexibility index (Phi) is 3.62. The number of nitrogens with zero attached hydrogens (tertiary/aromatic N) is 3. The summed E-state index contributed by atoms with van der Waals surface area (Å²) >= 11 is 5.83. The van der Waals surface area contributed by atoms with Crippen molar-refractivity contribution >= 4 is 23.0 Å². The van der Waals surface area contributed by atoms with E-state index in [9.17, 15) is 13.2 Å². The Morgan fingerprint density at radius 2 is 2.00 bits per heavy atom. The van der Waals surface area contributed by atoms with Crippen LogP contribution in [0.5, 0.6) is 17.4 Å². The van der Waals surface area contributed by atoms with Gasteiger partial charge in [0, 0.05) is 17.8 Å². The van der Waals surface area contributed by atoms with Crippen LogP contribution in [0.15, 0.2) is 40.9 Å². The number of furan rings is 1. The second-order valence-electron chi connectivity index (χ2n) is 7.27. The van der Waals surface area contributed by atoms with Crippen LogP contribution in [0.3, 0.4) is 0 Å². The number of aromatic nitrogens is 2. The molecule has 31 heavy (non-hydrogen) atoms. The topological polar surface area (TPSA) is 69.9 Å². The summed E-state index contributed by atoms with van der Waals surface area (Å²) in [6.45, 7) is 0.228. The van der Waals surface area contributed by atoms with Crippen molar-refractivity contribution in [2.24, 2.45) is 0 Å². The molecule has 0 radical (unpaired) electrons. The van der Waals surface area contributed by atoms with Crippen molar-refractivity contribution < 1.29 is 31.8 Å². The normalized spacial score (nSPS) is 20.9. The first kappa shape index (κ1) is 18.4. The van der Waals surface area contributed by atoms with E-state index in [1.54, 1.807) is 23.2 Å². The van der Waals surface area contributed by atoms with Gasteiger partial charge in [-0.25, -0.2) is 9.97 Å². The number of halogens is 3. The minimum atomic E-state index is -4.56. The fourth-order valence-corrected chi connectivity index (χ4v) is 4.58. The highest BCUT2D eigenvalue weighted by atomic mass is 32.1. The molecular weight excluding hydrogens is 435 g/mol. The van der Waals surface area contributed by atoms with Gasteiger partial charge < -0.3 is 23.5 Å². The summed E-state index contributed by atoms with van der Waals surface area (Å²) in [5, 5.41) is 0. The molecule has 6 heterocycles. The lowest BCUT2D eigenvalue weighted by atomic mass is 9.81. The summed E-state index contributed by atoms with van der Waals surface area (Å²) in [6.07, 6.45) is -2.97. The average Bonchev–Trinajstić information content (AvgIpc) is 3.50. The van der Waals surface area contributed by atoms with E-state index in [0.29, 0.717) is 33.9 Å². The zero-order valence-corrected chi connectivity index (χ0v) is 16.4. The minimum absolute atomic E-state index is 0.0133. The number of anilines is 1. The molecule has 0 N–H and O–H groups in total. The van der Waals surface area contributed by atoms with E-state index in [0.717, 1.165) is 11.6 Å². The SMILES string of the molecule is FC(F)(F)c1ccc(CN2C(=S)C3(COc4cc5c(nc43)OCO5)c3cccnc32)o1. The molecule has 0 aromatic carbocycles. The van der Waals surface area contributed by atoms with Crippen molar-refractivity contribution in [2.75, 3.05) is 18.3 Å². The number of hydrogen-bond donors (Lipinski definition) is 0. The maximum Gasteiger partial charge on any atom is 0.449 e. The molecule has 7 nitrogen and oxygen atoms in total. The highest BCUT2D eigenvalue weighted by Crippen LogP contribution is 2.53. The van der Waals surface area contributed by atoms with Gasteiger partial charge in [-0.1, -0.05) is 18.3 Å². The Labute approximate surface area is 178 Å². The third-order valence-corrected chi connectivity index (χ3v) is 6.11. The first-order chi connectivity index (χ1) is 14.9. The van der Waals surface area contributed by atoms with E-state index in [2.05, 4.69) is 9.97 Å². The van der Waals surface area contributed by atoms with Crippen LogP contribution in [0.2, 0.25) is 0 Å². The Bertz CT molecular complexity index is 1240. The summed E-state index contributed by atoms with van der Waals surface area (Å²) in [4.78, 5) is 11.1. The first-order valence-electron chi connectivity index (χ1n) is 9.25. The molecule has 158 valence electrons. The summed E-state index contributed by atoms with van der Waals surface area (Å²) in [7, 11) is 0. The first-order valence-corrected chi connectivity index (χ1v) is 9.66. The van der Waals surface area contributed by atoms with E-state index >= 15 is 0 Å². The van der Waals surface area contributed by atoms with Crippen molar-refractivity contribution in [3.8, 4) is 17.4 Å². The molecule has 11 heteroatoms. The molecule has 6 rings (SSSR count). The van der Waals surface area contributed by atoms with Gasteiger partial charge in [-0.3, -0.25) is 0 Å². The van der Waals surface area contributed by atoms with Crippen LogP contribution < -0.4 is 19.1 Å². The number of fused-ring (bicyclic) bond motifs is 5. The fraction of sp³-hybridized carbons (Fsp3) is 0.250. The minimum Gasteiger partial charge on any atom is -0.490 e. The molecule has 0 saturated carbocycles. The van der Waals surface area contributed by atoms with Crippen LogP contribution in [0.1, 0.15) is 22.8 Å². The monoisotopic (exact) mass is 447 g/mol. The smallest absolute Gasteiger partial charge is 0.449 e. The third kappa shape index (κ3) is 2.49. The lowest BCUT2D eigenvalue weighted by molar-refractivity contribution is -0.153. The van der Waals surface area contributed by atoms with Crippen LogP contribution in [0.25, 0.3) is 0 Å². The molecule has 0 amide bonds. The van der Waals surface area contributed by atoms with Gasteiger partial charge in [-0.15, -0.1) is 0 Å². The molecule has 0 aliphatic carbocycles. The van der Waals surface area contributed by atoms with Gasteiger partial charge in [0.2, 0.25) is 12.6 Å². The van der Waals surface area contributed by atoms with E-state index in [1.165, 1.54) is 6.07 Å². The van der Waals surface area contributed by atoms with Crippen LogP contribution in [-0.2, 0) is 18.1 Å². The van der Waals surface area contributed by atoms with Crippen LogP contribution >= 0.6 is 12.2 Å². The van der Waals surface area contributed by atoms with Crippen LogP contribution in [0.4, 0.5) is 19.0 Å². The molecule has 0 saturated heterocycles. The third-order valence-electron chi connectivity index (χ3n) is 5.55. The lowest BCUT2D eigenvalue weighted by Gasteiger charge is -2.24. The van der Waals surface area contributed by atoms with E-state index in [4.69, 9.17) is 30.8 Å². The molecule has 1 spiro atoms. The van der Waals surface area contributed by atoms with Crippen molar-refractivity contribution in [1.29, 1.82) is 0 Å². The average molecular weight is 447 g/mol. The van der Waals surface area contributed by atoms with Crippen LogP contribution in [0, 0.1) is 0 Å². The zero-order valence-electron chi connectivity index (χ0n) is 15.6. The number of hydrogen-bond acceptors (Lipinski definition) is 7. The van der Waals surface area contributed by atoms with Crippen LogP contribution in [-0.4, -0.2) is 28.4 Å². The predicted molar refractivity (Wildman–Crippen MR) is 103 cm³/mol. The second-order valence-corrected chi connectivity index (χ2v) is 7.66. The zero-order chi connectivity index (χ0) is 21.4. The standard InChI is InChI=1S/C20H12F3N3O4S/c21-20(22,23)14-4-3-10(30-14)7-26-16-11(2-1-5-24-16)19(18(26)31)8-27-12-6-13-17(25-15(12)19)29-9-28-13/h1-6H,7-9H2. The summed E-state index contributed by atoms with van der Waals surface area (Å²) in [6, 6.07) is 7.53. The Morgan fingerprint density at radius 3 is 2.81 bits per heavy atom. The number of pyridine rings is 2.